The SMILES string of the molecule is Cc1ccc(C=O)cc1Oc1ccc(Br)cc1Br. The highest BCUT2D eigenvalue weighted by Crippen LogP contribution is 2.33. The minimum atomic E-state index is 0.601. The molecule has 0 atom stereocenters. The largest absolute Gasteiger partial charge is 0.456 e. The first-order chi connectivity index (χ1) is 8.60. The maximum absolute atomic E-state index is 10.8. The van der Waals surface area contributed by atoms with Crippen molar-refractivity contribution < 1.29 is 9.53 Å². The molecule has 2 nitrogen and oxygen atoms in total. The second-order valence-electron chi connectivity index (χ2n) is 3.82. The van der Waals surface area contributed by atoms with Crippen molar-refractivity contribution in [2.24, 2.45) is 0 Å². The van der Waals surface area contributed by atoms with Crippen molar-refractivity contribution >= 4 is 38.1 Å². The predicted molar refractivity (Wildman–Crippen MR) is 78.5 cm³/mol. The molecule has 0 N–H and O–H groups in total. The third-order valence-electron chi connectivity index (χ3n) is 2.46. The number of carbonyl (C=O) groups is 1. The number of carbonyl (C=O) groups excluding carboxylic acids is 1. The number of halogens is 2. The minimum Gasteiger partial charge on any atom is -0.456 e. The Kier molecular flexibility index (Phi) is 4.19. The molecular weight excluding hydrogens is 360 g/mol. The lowest BCUT2D eigenvalue weighted by molar-refractivity contribution is 0.112. The molecule has 0 bridgehead atoms. The van der Waals surface area contributed by atoms with Crippen LogP contribution in [0.15, 0.2) is 45.3 Å². The van der Waals surface area contributed by atoms with Gasteiger partial charge in [0.25, 0.3) is 0 Å². The Balaban J connectivity index is 2.36. The summed E-state index contributed by atoms with van der Waals surface area (Å²) in [6, 6.07) is 11.0. The van der Waals surface area contributed by atoms with Gasteiger partial charge in [-0.1, -0.05) is 28.1 Å². The van der Waals surface area contributed by atoms with Gasteiger partial charge in [-0.3, -0.25) is 4.79 Å². The zero-order valence-corrected chi connectivity index (χ0v) is 12.8. The topological polar surface area (TPSA) is 26.3 Å². The molecule has 0 aliphatic heterocycles. The van der Waals surface area contributed by atoms with E-state index in [2.05, 4.69) is 31.9 Å². The molecular formula is C14H10Br2O2. The molecule has 0 spiro atoms. The van der Waals surface area contributed by atoms with Gasteiger partial charge < -0.3 is 4.74 Å². The quantitative estimate of drug-likeness (QED) is 0.701. The van der Waals surface area contributed by atoms with Crippen molar-refractivity contribution in [3.8, 4) is 11.5 Å². The molecule has 0 saturated carbocycles. The highest BCUT2D eigenvalue weighted by atomic mass is 79.9. The van der Waals surface area contributed by atoms with Crippen LogP contribution in [0.5, 0.6) is 11.5 Å². The van der Waals surface area contributed by atoms with Gasteiger partial charge in [-0.2, -0.15) is 0 Å². The molecule has 0 aromatic heterocycles. The molecule has 2 aromatic rings. The van der Waals surface area contributed by atoms with E-state index >= 15 is 0 Å². The molecule has 0 heterocycles. The molecule has 0 radical (unpaired) electrons. The Bertz CT molecular complexity index is 594. The third-order valence-corrected chi connectivity index (χ3v) is 3.58. The van der Waals surface area contributed by atoms with Crippen LogP contribution in [0.1, 0.15) is 15.9 Å². The monoisotopic (exact) mass is 368 g/mol. The fraction of sp³-hybridized carbons (Fsp3) is 0.0714. The molecule has 2 aromatic carbocycles. The van der Waals surface area contributed by atoms with E-state index in [1.807, 2.05) is 31.2 Å². The van der Waals surface area contributed by atoms with Crippen molar-refractivity contribution in [3.63, 3.8) is 0 Å². The molecule has 4 heteroatoms. The van der Waals surface area contributed by atoms with E-state index in [0.29, 0.717) is 17.1 Å². The van der Waals surface area contributed by atoms with E-state index in [1.54, 1.807) is 12.1 Å². The Hall–Kier alpha value is -1.13. The molecule has 0 amide bonds. The lowest BCUT2D eigenvalue weighted by Gasteiger charge is -2.11. The van der Waals surface area contributed by atoms with Gasteiger partial charge in [0.2, 0.25) is 0 Å². The van der Waals surface area contributed by atoms with Crippen LogP contribution >= 0.6 is 31.9 Å². The second-order valence-corrected chi connectivity index (χ2v) is 5.59. The van der Waals surface area contributed by atoms with Crippen LogP contribution in [0.3, 0.4) is 0 Å². The smallest absolute Gasteiger partial charge is 0.150 e. The van der Waals surface area contributed by atoms with Crippen LogP contribution in [-0.2, 0) is 0 Å². The summed E-state index contributed by atoms with van der Waals surface area (Å²) in [5, 5.41) is 0. The number of hydrogen-bond donors (Lipinski definition) is 0. The summed E-state index contributed by atoms with van der Waals surface area (Å²) in [6.45, 7) is 1.94. The summed E-state index contributed by atoms with van der Waals surface area (Å²) >= 11 is 6.83. The van der Waals surface area contributed by atoms with Gasteiger partial charge in [0.1, 0.15) is 17.8 Å². The summed E-state index contributed by atoms with van der Waals surface area (Å²) in [4.78, 5) is 10.8. The van der Waals surface area contributed by atoms with Gasteiger partial charge in [-0.15, -0.1) is 0 Å². The van der Waals surface area contributed by atoms with Gasteiger partial charge in [-0.25, -0.2) is 0 Å². The van der Waals surface area contributed by atoms with Crippen LogP contribution in [-0.4, -0.2) is 6.29 Å². The molecule has 0 unspecified atom stereocenters. The van der Waals surface area contributed by atoms with Crippen LogP contribution in [0.25, 0.3) is 0 Å². The molecule has 0 saturated heterocycles. The van der Waals surface area contributed by atoms with Crippen molar-refractivity contribution in [1.82, 2.24) is 0 Å². The second kappa shape index (κ2) is 5.67. The van der Waals surface area contributed by atoms with Gasteiger partial charge >= 0.3 is 0 Å². The number of hydrogen-bond acceptors (Lipinski definition) is 2. The summed E-state index contributed by atoms with van der Waals surface area (Å²) in [6.07, 6.45) is 0.808. The number of aryl methyl sites for hydroxylation is 1. The number of aldehydes is 1. The van der Waals surface area contributed by atoms with Crippen LogP contribution in [0, 0.1) is 6.92 Å². The van der Waals surface area contributed by atoms with Gasteiger partial charge in [0.15, 0.2) is 0 Å². The van der Waals surface area contributed by atoms with Gasteiger partial charge in [0, 0.05) is 10.0 Å². The molecule has 0 aliphatic carbocycles. The summed E-state index contributed by atoms with van der Waals surface area (Å²) < 4.78 is 7.64. The molecule has 92 valence electrons. The van der Waals surface area contributed by atoms with E-state index in [-0.39, 0.29) is 0 Å². The van der Waals surface area contributed by atoms with E-state index in [0.717, 1.165) is 20.8 Å². The van der Waals surface area contributed by atoms with E-state index in [9.17, 15) is 4.79 Å². The van der Waals surface area contributed by atoms with Gasteiger partial charge in [0.05, 0.1) is 4.47 Å². The van der Waals surface area contributed by atoms with E-state index in [4.69, 9.17) is 4.74 Å². The molecule has 0 aliphatic rings. The Morgan fingerprint density at radius 2 is 1.83 bits per heavy atom. The standard InChI is InChI=1S/C14H10Br2O2/c1-9-2-3-10(8-17)6-14(9)18-13-5-4-11(15)7-12(13)16/h2-8H,1H3. The number of ether oxygens (including phenoxy) is 1. The van der Waals surface area contributed by atoms with Crippen molar-refractivity contribution in [2.45, 2.75) is 6.92 Å². The average Bonchev–Trinajstić information content (AvgIpc) is 2.35. The van der Waals surface area contributed by atoms with Crippen LogP contribution < -0.4 is 4.74 Å². The normalized spacial score (nSPS) is 10.2. The number of rotatable bonds is 3. The van der Waals surface area contributed by atoms with E-state index in [1.165, 1.54) is 0 Å². The Morgan fingerprint density at radius 1 is 1.06 bits per heavy atom. The van der Waals surface area contributed by atoms with Crippen LogP contribution in [0.4, 0.5) is 0 Å². The van der Waals surface area contributed by atoms with Crippen molar-refractivity contribution in [2.75, 3.05) is 0 Å². The van der Waals surface area contributed by atoms with Gasteiger partial charge in [-0.05, 0) is 52.7 Å². The number of benzene rings is 2. The average molecular weight is 370 g/mol. The zero-order valence-electron chi connectivity index (χ0n) is 9.61. The maximum Gasteiger partial charge on any atom is 0.150 e. The van der Waals surface area contributed by atoms with Crippen LogP contribution in [0.2, 0.25) is 0 Å². The maximum atomic E-state index is 10.8. The lowest BCUT2D eigenvalue weighted by Crippen LogP contribution is -1.90. The van der Waals surface area contributed by atoms with Crippen molar-refractivity contribution in [1.29, 1.82) is 0 Å². The fourth-order valence-corrected chi connectivity index (χ4v) is 2.60. The summed E-state index contributed by atoms with van der Waals surface area (Å²) in [7, 11) is 0. The third kappa shape index (κ3) is 3.00. The highest BCUT2D eigenvalue weighted by Gasteiger charge is 2.06. The first-order valence-electron chi connectivity index (χ1n) is 5.29. The first-order valence-corrected chi connectivity index (χ1v) is 6.87. The summed E-state index contributed by atoms with van der Waals surface area (Å²) in [5.41, 5.74) is 1.58. The van der Waals surface area contributed by atoms with E-state index < -0.39 is 0 Å². The first kappa shape index (κ1) is 13.3. The molecule has 18 heavy (non-hydrogen) atoms. The lowest BCUT2D eigenvalue weighted by atomic mass is 10.1. The fourth-order valence-electron chi connectivity index (χ4n) is 1.48. The summed E-state index contributed by atoms with van der Waals surface area (Å²) in [5.74, 6) is 1.40. The zero-order chi connectivity index (χ0) is 13.1. The predicted octanol–water partition coefficient (Wildman–Crippen LogP) is 5.12. The molecule has 2 rings (SSSR count). The Morgan fingerprint density at radius 3 is 2.50 bits per heavy atom. The minimum absolute atomic E-state index is 0.601. The highest BCUT2D eigenvalue weighted by molar-refractivity contribution is 9.11. The Labute approximate surface area is 122 Å². The molecule has 0 fully saturated rings. The van der Waals surface area contributed by atoms with Crippen molar-refractivity contribution in [3.05, 3.63) is 56.5 Å².